The molecule has 0 N–H and O–H groups in total. The Bertz CT molecular complexity index is 972. The lowest BCUT2D eigenvalue weighted by atomic mass is 10.00. The van der Waals surface area contributed by atoms with Gasteiger partial charge in [-0.05, 0) is 41.8 Å². The van der Waals surface area contributed by atoms with Crippen molar-refractivity contribution in [3.8, 4) is 0 Å². The predicted molar refractivity (Wildman–Crippen MR) is 89.7 cm³/mol. The van der Waals surface area contributed by atoms with Gasteiger partial charge in [0.1, 0.15) is 5.82 Å². The van der Waals surface area contributed by atoms with Gasteiger partial charge in [-0.3, -0.25) is 0 Å². The van der Waals surface area contributed by atoms with E-state index in [2.05, 4.69) is 31.2 Å². The van der Waals surface area contributed by atoms with E-state index in [4.69, 9.17) is 11.6 Å². The van der Waals surface area contributed by atoms with E-state index < -0.39 is 12.0 Å². The van der Waals surface area contributed by atoms with Crippen molar-refractivity contribution in [1.29, 1.82) is 0 Å². The summed E-state index contributed by atoms with van der Waals surface area (Å²) < 4.78 is 40.8. The molecular weight excluding hydrogens is 423 g/mol. The number of anilines is 1. The van der Waals surface area contributed by atoms with Crippen molar-refractivity contribution in [2.75, 3.05) is 11.4 Å². The van der Waals surface area contributed by atoms with Crippen LogP contribution < -0.4 is 4.90 Å². The second-order valence-electron chi connectivity index (χ2n) is 5.64. The number of hydrogen-bond acceptors (Lipinski definition) is 4. The first-order chi connectivity index (χ1) is 11.8. The summed E-state index contributed by atoms with van der Waals surface area (Å²) >= 11 is 9.80. The molecule has 2 aromatic heterocycles. The summed E-state index contributed by atoms with van der Waals surface area (Å²) in [5.74, 6) is -0.720. The SMILES string of the molecule is FC(F)(F)c1nnc2ccc(N3CCc4c(Br)ccc(Cl)c4C3)nn12. The molecule has 1 aromatic carbocycles. The molecule has 0 saturated carbocycles. The molecule has 4 rings (SSSR count). The molecule has 1 aliphatic heterocycles. The Morgan fingerprint density at radius 2 is 1.88 bits per heavy atom. The average molecular weight is 433 g/mol. The van der Waals surface area contributed by atoms with Crippen LogP contribution in [0.2, 0.25) is 5.02 Å². The highest BCUT2D eigenvalue weighted by atomic mass is 79.9. The lowest BCUT2D eigenvalue weighted by Gasteiger charge is -2.30. The average Bonchev–Trinajstić information content (AvgIpc) is 3.01. The highest BCUT2D eigenvalue weighted by Gasteiger charge is 2.38. The molecule has 0 unspecified atom stereocenters. The summed E-state index contributed by atoms with van der Waals surface area (Å²) in [5, 5.41) is 11.4. The Kier molecular flexibility index (Phi) is 3.88. The van der Waals surface area contributed by atoms with Crippen molar-refractivity contribution in [2.24, 2.45) is 0 Å². The quantitative estimate of drug-likeness (QED) is 0.580. The predicted octanol–water partition coefficient (Wildman–Crippen LogP) is 4.12. The third-order valence-electron chi connectivity index (χ3n) is 4.12. The van der Waals surface area contributed by atoms with E-state index in [1.807, 2.05) is 11.0 Å². The van der Waals surface area contributed by atoms with Crippen LogP contribution in [-0.4, -0.2) is 26.4 Å². The fourth-order valence-electron chi connectivity index (χ4n) is 2.91. The van der Waals surface area contributed by atoms with Crippen molar-refractivity contribution >= 4 is 39.0 Å². The molecule has 3 heterocycles. The molecule has 0 radical (unpaired) electrons. The van der Waals surface area contributed by atoms with E-state index in [9.17, 15) is 13.2 Å². The fraction of sp³-hybridized carbons (Fsp3) is 0.267. The summed E-state index contributed by atoms with van der Waals surface area (Å²) in [6.07, 6.45) is -3.90. The normalized spacial score (nSPS) is 14.8. The lowest BCUT2D eigenvalue weighted by molar-refractivity contribution is -0.146. The Balaban J connectivity index is 1.74. The van der Waals surface area contributed by atoms with Gasteiger partial charge in [-0.1, -0.05) is 27.5 Å². The van der Waals surface area contributed by atoms with Crippen LogP contribution in [0.1, 0.15) is 17.0 Å². The fourth-order valence-corrected chi connectivity index (χ4v) is 3.72. The number of rotatable bonds is 1. The van der Waals surface area contributed by atoms with Crippen molar-refractivity contribution in [2.45, 2.75) is 19.1 Å². The minimum absolute atomic E-state index is 0.0502. The van der Waals surface area contributed by atoms with Gasteiger partial charge in [0, 0.05) is 22.6 Å². The summed E-state index contributed by atoms with van der Waals surface area (Å²) in [5.41, 5.74) is 2.11. The molecule has 0 bridgehead atoms. The zero-order chi connectivity index (χ0) is 17.8. The minimum atomic E-state index is -4.62. The summed E-state index contributed by atoms with van der Waals surface area (Å²) in [4.78, 5) is 1.89. The van der Waals surface area contributed by atoms with Gasteiger partial charge in [-0.2, -0.15) is 17.7 Å². The molecule has 3 aromatic rings. The monoisotopic (exact) mass is 431 g/mol. The minimum Gasteiger partial charge on any atom is -0.350 e. The van der Waals surface area contributed by atoms with Gasteiger partial charge >= 0.3 is 6.18 Å². The smallest absolute Gasteiger partial charge is 0.350 e. The topological polar surface area (TPSA) is 46.3 Å². The van der Waals surface area contributed by atoms with E-state index in [0.29, 0.717) is 30.4 Å². The van der Waals surface area contributed by atoms with Crippen LogP contribution >= 0.6 is 27.5 Å². The number of fused-ring (bicyclic) bond motifs is 2. The van der Waals surface area contributed by atoms with Gasteiger partial charge < -0.3 is 4.90 Å². The van der Waals surface area contributed by atoms with Crippen molar-refractivity contribution in [3.05, 3.63) is 50.7 Å². The number of nitrogens with zero attached hydrogens (tertiary/aromatic N) is 5. The van der Waals surface area contributed by atoms with Gasteiger partial charge in [-0.25, -0.2) is 0 Å². The molecule has 0 spiro atoms. The van der Waals surface area contributed by atoms with Gasteiger partial charge in [0.2, 0.25) is 0 Å². The molecule has 10 heteroatoms. The van der Waals surface area contributed by atoms with E-state index in [0.717, 1.165) is 20.1 Å². The zero-order valence-corrected chi connectivity index (χ0v) is 14.9. The number of hydrogen-bond donors (Lipinski definition) is 0. The van der Waals surface area contributed by atoms with Crippen molar-refractivity contribution < 1.29 is 13.2 Å². The van der Waals surface area contributed by atoms with Gasteiger partial charge in [0.15, 0.2) is 5.65 Å². The summed E-state index contributed by atoms with van der Waals surface area (Å²) in [6.45, 7) is 1.09. The van der Waals surface area contributed by atoms with Crippen LogP contribution in [0.3, 0.4) is 0 Å². The van der Waals surface area contributed by atoms with Gasteiger partial charge in [-0.15, -0.1) is 15.3 Å². The molecule has 130 valence electrons. The standard InChI is InChI=1S/C15H10BrClF3N5/c16-10-1-2-11(17)9-7-24(6-5-8(9)10)13-4-3-12-21-22-14(15(18,19)20)25(12)23-13/h1-4H,5-7H2. The zero-order valence-electron chi connectivity index (χ0n) is 12.6. The number of halogens is 5. The second kappa shape index (κ2) is 5.84. The van der Waals surface area contributed by atoms with Crippen LogP contribution in [-0.2, 0) is 19.1 Å². The van der Waals surface area contributed by atoms with Crippen LogP contribution in [0.4, 0.5) is 19.0 Å². The molecule has 0 aliphatic carbocycles. The maximum atomic E-state index is 13.0. The largest absolute Gasteiger partial charge is 0.453 e. The van der Waals surface area contributed by atoms with E-state index in [1.165, 1.54) is 6.07 Å². The Morgan fingerprint density at radius 1 is 1.08 bits per heavy atom. The Labute approximate surface area is 153 Å². The number of benzene rings is 1. The lowest BCUT2D eigenvalue weighted by Crippen LogP contribution is -2.32. The maximum absolute atomic E-state index is 13.0. The third kappa shape index (κ3) is 2.85. The van der Waals surface area contributed by atoms with Crippen LogP contribution in [0.15, 0.2) is 28.7 Å². The molecule has 0 fully saturated rings. The summed E-state index contributed by atoms with van der Waals surface area (Å²) in [6, 6.07) is 6.81. The highest BCUT2D eigenvalue weighted by Crippen LogP contribution is 2.34. The van der Waals surface area contributed by atoms with Gasteiger partial charge in [0.25, 0.3) is 5.82 Å². The van der Waals surface area contributed by atoms with Crippen molar-refractivity contribution in [1.82, 2.24) is 19.8 Å². The van der Waals surface area contributed by atoms with E-state index >= 15 is 0 Å². The molecule has 5 nitrogen and oxygen atoms in total. The highest BCUT2D eigenvalue weighted by molar-refractivity contribution is 9.10. The molecule has 25 heavy (non-hydrogen) atoms. The Morgan fingerprint density at radius 3 is 2.64 bits per heavy atom. The number of alkyl halides is 3. The van der Waals surface area contributed by atoms with Crippen LogP contribution in [0, 0.1) is 0 Å². The molecule has 0 amide bonds. The van der Waals surface area contributed by atoms with E-state index in [1.54, 1.807) is 12.1 Å². The van der Waals surface area contributed by atoms with Gasteiger partial charge in [0.05, 0.1) is 0 Å². The first kappa shape index (κ1) is 16.6. The molecule has 1 aliphatic rings. The molecular formula is C15H10BrClF3N5. The second-order valence-corrected chi connectivity index (χ2v) is 6.90. The Hall–Kier alpha value is -1.87. The maximum Gasteiger partial charge on any atom is 0.453 e. The van der Waals surface area contributed by atoms with E-state index in [-0.39, 0.29) is 5.65 Å². The first-order valence-electron chi connectivity index (χ1n) is 7.35. The first-order valence-corrected chi connectivity index (χ1v) is 8.52. The number of aromatic nitrogens is 4. The van der Waals surface area contributed by atoms with Crippen molar-refractivity contribution in [3.63, 3.8) is 0 Å². The molecule has 0 atom stereocenters. The molecule has 0 saturated heterocycles. The third-order valence-corrected chi connectivity index (χ3v) is 5.22. The van der Waals surface area contributed by atoms with Crippen LogP contribution in [0.5, 0.6) is 0 Å². The summed E-state index contributed by atoms with van der Waals surface area (Å²) in [7, 11) is 0. The van der Waals surface area contributed by atoms with Crippen LogP contribution in [0.25, 0.3) is 5.65 Å².